The monoisotopic (exact) mass is 299 g/mol. The lowest BCUT2D eigenvalue weighted by Crippen LogP contribution is -1.91. The van der Waals surface area contributed by atoms with Crippen LogP contribution in [0.25, 0.3) is 22.5 Å². The molecule has 2 nitrogen and oxygen atoms in total. The smallest absolute Gasteiger partial charge is 0.159 e. The first-order chi connectivity index (χ1) is 9.75. The van der Waals surface area contributed by atoms with Crippen LogP contribution in [0.3, 0.4) is 0 Å². The summed E-state index contributed by atoms with van der Waals surface area (Å²) in [7, 11) is 0. The van der Waals surface area contributed by atoms with Crippen LogP contribution < -0.4 is 0 Å². The molecule has 20 heavy (non-hydrogen) atoms. The van der Waals surface area contributed by atoms with E-state index in [-0.39, 0.29) is 0 Å². The molecule has 1 radical (unpaired) electrons. The molecule has 0 aliphatic rings. The Bertz CT molecular complexity index is 742. The van der Waals surface area contributed by atoms with Crippen molar-refractivity contribution in [2.45, 2.75) is 0 Å². The number of benzene rings is 2. The third-order valence-electron chi connectivity index (χ3n) is 2.91. The number of nitrogens with zero attached hydrogens (tertiary/aromatic N) is 2. The average molecular weight is 300 g/mol. The zero-order chi connectivity index (χ0) is 13.9. The van der Waals surface area contributed by atoms with Gasteiger partial charge in [0.1, 0.15) is 0 Å². The number of halogens is 2. The highest BCUT2D eigenvalue weighted by molar-refractivity contribution is 6.34. The molecule has 0 saturated heterocycles. The first-order valence-electron chi connectivity index (χ1n) is 5.98. The van der Waals surface area contributed by atoms with E-state index in [0.717, 1.165) is 16.7 Å². The van der Waals surface area contributed by atoms with Crippen LogP contribution in [-0.2, 0) is 0 Å². The first kappa shape index (κ1) is 13.1. The van der Waals surface area contributed by atoms with E-state index in [9.17, 15) is 0 Å². The number of hydrogen-bond donors (Lipinski definition) is 0. The van der Waals surface area contributed by atoms with E-state index in [2.05, 4.69) is 16.0 Å². The van der Waals surface area contributed by atoms with Crippen LogP contribution in [0.2, 0.25) is 10.0 Å². The molecule has 0 aliphatic heterocycles. The van der Waals surface area contributed by atoms with Crippen LogP contribution >= 0.6 is 23.2 Å². The molecule has 0 bridgehead atoms. The van der Waals surface area contributed by atoms with Crippen molar-refractivity contribution in [1.82, 2.24) is 9.97 Å². The molecule has 0 aliphatic carbocycles. The molecule has 3 aromatic rings. The maximum atomic E-state index is 6.28. The van der Waals surface area contributed by atoms with Gasteiger partial charge in [0.2, 0.25) is 0 Å². The summed E-state index contributed by atoms with van der Waals surface area (Å²) in [6.07, 6.45) is 3.18. The molecule has 0 spiro atoms. The van der Waals surface area contributed by atoms with Gasteiger partial charge in [-0.3, -0.25) is 0 Å². The number of hydrogen-bond acceptors (Lipinski definition) is 2. The second-order valence-corrected chi connectivity index (χ2v) is 5.02. The van der Waals surface area contributed by atoms with Gasteiger partial charge in [-0.25, -0.2) is 9.97 Å². The van der Waals surface area contributed by atoms with Gasteiger partial charge in [0.25, 0.3) is 0 Å². The maximum absolute atomic E-state index is 6.28. The fraction of sp³-hybridized carbons (Fsp3) is 0. The van der Waals surface area contributed by atoms with Crippen molar-refractivity contribution in [3.8, 4) is 22.5 Å². The molecule has 97 valence electrons. The van der Waals surface area contributed by atoms with Gasteiger partial charge in [-0.05, 0) is 29.8 Å². The summed E-state index contributed by atoms with van der Waals surface area (Å²) in [5, 5.41) is 1.31. The van der Waals surface area contributed by atoms with Crippen molar-refractivity contribution in [2.24, 2.45) is 0 Å². The largest absolute Gasteiger partial charge is 0.236 e. The highest BCUT2D eigenvalue weighted by Crippen LogP contribution is 2.36. The van der Waals surface area contributed by atoms with Crippen molar-refractivity contribution >= 4 is 23.2 Å². The van der Waals surface area contributed by atoms with Gasteiger partial charge in [0.05, 0.1) is 0 Å². The van der Waals surface area contributed by atoms with Crippen molar-refractivity contribution < 1.29 is 0 Å². The lowest BCUT2D eigenvalue weighted by molar-refractivity contribution is 1.17. The third kappa shape index (κ3) is 2.53. The third-order valence-corrected chi connectivity index (χ3v) is 3.47. The minimum absolute atomic E-state index is 0.621. The summed E-state index contributed by atoms with van der Waals surface area (Å²) in [6.45, 7) is 0. The molecule has 0 atom stereocenters. The second kappa shape index (κ2) is 5.61. The molecule has 4 heteroatoms. The number of aromatic nitrogens is 2. The summed E-state index contributed by atoms with van der Waals surface area (Å²) in [5.41, 5.74) is 2.70. The van der Waals surface area contributed by atoms with Crippen LogP contribution in [0.4, 0.5) is 0 Å². The predicted octanol–water partition coefficient (Wildman–Crippen LogP) is 4.92. The van der Waals surface area contributed by atoms with Crippen LogP contribution in [0.5, 0.6) is 0 Å². The van der Waals surface area contributed by atoms with Crippen molar-refractivity contribution in [2.75, 3.05) is 0 Å². The summed E-state index contributed by atoms with van der Waals surface area (Å²) in [5.74, 6) is 0.621. The van der Waals surface area contributed by atoms with E-state index in [1.807, 2.05) is 42.5 Å². The Morgan fingerprint density at radius 2 is 1.55 bits per heavy atom. The Kier molecular flexibility index (Phi) is 3.68. The zero-order valence-corrected chi connectivity index (χ0v) is 11.9. The molecule has 2 aromatic carbocycles. The molecule has 1 aromatic heterocycles. The highest BCUT2D eigenvalue weighted by Gasteiger charge is 2.12. The maximum Gasteiger partial charge on any atom is 0.159 e. The average Bonchev–Trinajstić information content (AvgIpc) is 2.48. The van der Waals surface area contributed by atoms with Crippen LogP contribution in [0.15, 0.2) is 54.9 Å². The van der Waals surface area contributed by atoms with E-state index in [1.165, 1.54) is 0 Å². The van der Waals surface area contributed by atoms with Crippen molar-refractivity contribution in [3.63, 3.8) is 0 Å². The lowest BCUT2D eigenvalue weighted by atomic mass is 9.99. The standard InChI is InChI=1S/C16H9Cl2N2/c17-11-6-7-13(16-19-8-3-9-20-16)14(10-11)12-4-1-2-5-15(12)18/h1-2,4-10H. The van der Waals surface area contributed by atoms with E-state index in [1.54, 1.807) is 12.4 Å². The predicted molar refractivity (Wildman–Crippen MR) is 81.8 cm³/mol. The molecule has 0 fully saturated rings. The fourth-order valence-electron chi connectivity index (χ4n) is 2.02. The minimum Gasteiger partial charge on any atom is -0.236 e. The van der Waals surface area contributed by atoms with Gasteiger partial charge in [-0.1, -0.05) is 41.4 Å². The van der Waals surface area contributed by atoms with Crippen molar-refractivity contribution in [3.05, 3.63) is 71.0 Å². The van der Waals surface area contributed by atoms with E-state index in [0.29, 0.717) is 15.9 Å². The Balaban J connectivity index is 2.25. The lowest BCUT2D eigenvalue weighted by Gasteiger charge is -2.10. The quantitative estimate of drug-likeness (QED) is 0.671. The SMILES string of the molecule is Clc1ccc(-c2nc[c]cn2)c(-c2ccccc2Cl)c1. The summed E-state index contributed by atoms with van der Waals surface area (Å²) < 4.78 is 0. The topological polar surface area (TPSA) is 25.8 Å². The normalized spacial score (nSPS) is 10.5. The molecular weight excluding hydrogens is 291 g/mol. The Morgan fingerprint density at radius 1 is 0.800 bits per heavy atom. The molecule has 3 rings (SSSR count). The van der Waals surface area contributed by atoms with Gasteiger partial charge < -0.3 is 0 Å². The highest BCUT2D eigenvalue weighted by atomic mass is 35.5. The van der Waals surface area contributed by atoms with Gasteiger partial charge in [-0.15, -0.1) is 0 Å². The van der Waals surface area contributed by atoms with Crippen LogP contribution in [0, 0.1) is 6.07 Å². The molecule has 0 amide bonds. The van der Waals surface area contributed by atoms with Gasteiger partial charge in [-0.2, -0.15) is 0 Å². The van der Waals surface area contributed by atoms with Crippen molar-refractivity contribution in [1.29, 1.82) is 0 Å². The molecule has 0 unspecified atom stereocenters. The molecule has 0 N–H and O–H groups in total. The van der Waals surface area contributed by atoms with E-state index in [4.69, 9.17) is 23.2 Å². The van der Waals surface area contributed by atoms with E-state index < -0.39 is 0 Å². The molecular formula is C16H9Cl2N2. The summed E-state index contributed by atoms with van der Waals surface area (Å²) in [6, 6.07) is 16.0. The molecule has 0 saturated carbocycles. The number of rotatable bonds is 2. The van der Waals surface area contributed by atoms with E-state index >= 15 is 0 Å². The zero-order valence-electron chi connectivity index (χ0n) is 10.3. The Labute approximate surface area is 127 Å². The first-order valence-corrected chi connectivity index (χ1v) is 6.74. The summed E-state index contributed by atoms with van der Waals surface area (Å²) >= 11 is 12.4. The Hall–Kier alpha value is -1.90. The van der Waals surface area contributed by atoms with Gasteiger partial charge in [0.15, 0.2) is 5.82 Å². The fourth-order valence-corrected chi connectivity index (χ4v) is 2.43. The second-order valence-electron chi connectivity index (χ2n) is 4.18. The summed E-state index contributed by atoms with van der Waals surface area (Å²) in [4.78, 5) is 8.48. The van der Waals surface area contributed by atoms with Gasteiger partial charge >= 0.3 is 0 Å². The van der Waals surface area contributed by atoms with Crippen LogP contribution in [0.1, 0.15) is 0 Å². The molecule has 1 heterocycles. The van der Waals surface area contributed by atoms with Crippen LogP contribution in [-0.4, -0.2) is 9.97 Å². The van der Waals surface area contributed by atoms with Gasteiger partial charge in [0, 0.05) is 39.6 Å². The Morgan fingerprint density at radius 3 is 2.30 bits per heavy atom. The minimum atomic E-state index is 0.621.